The number of carbonyl (C=O) groups is 2. The van der Waals surface area contributed by atoms with Crippen molar-refractivity contribution in [3.63, 3.8) is 0 Å². The molecule has 4 nitrogen and oxygen atoms in total. The molecular formula is C18H18N2O2S. The smallest absolute Gasteiger partial charge is 0.251 e. The van der Waals surface area contributed by atoms with Crippen LogP contribution in [0.2, 0.25) is 0 Å². The minimum atomic E-state index is -0.104. The molecule has 23 heavy (non-hydrogen) atoms. The van der Waals surface area contributed by atoms with Crippen molar-refractivity contribution in [1.29, 1.82) is 0 Å². The maximum atomic E-state index is 12.2. The Labute approximate surface area is 139 Å². The van der Waals surface area contributed by atoms with E-state index >= 15 is 0 Å². The molecule has 2 amide bonds. The third kappa shape index (κ3) is 3.40. The monoisotopic (exact) mass is 326 g/mol. The lowest BCUT2D eigenvalue weighted by Gasteiger charge is -2.24. The molecule has 0 saturated carbocycles. The van der Waals surface area contributed by atoms with Crippen LogP contribution < -0.4 is 5.32 Å². The molecule has 0 radical (unpaired) electrons. The van der Waals surface area contributed by atoms with Crippen molar-refractivity contribution < 1.29 is 9.59 Å². The molecule has 3 rings (SSSR count). The molecular weight excluding hydrogens is 308 g/mol. The van der Waals surface area contributed by atoms with Crippen molar-refractivity contribution in [2.45, 2.75) is 11.9 Å². The molecule has 1 N–H and O–H groups in total. The summed E-state index contributed by atoms with van der Waals surface area (Å²) in [6.07, 6.45) is 0. The molecule has 0 unspecified atom stereocenters. The van der Waals surface area contributed by atoms with E-state index in [9.17, 15) is 9.59 Å². The number of nitrogens with zero attached hydrogens (tertiary/aromatic N) is 1. The minimum Gasteiger partial charge on any atom is -0.355 e. The molecule has 0 spiro atoms. The Balaban J connectivity index is 1.80. The van der Waals surface area contributed by atoms with Gasteiger partial charge in [0.2, 0.25) is 5.91 Å². The zero-order valence-electron chi connectivity index (χ0n) is 12.9. The second kappa shape index (κ2) is 6.87. The maximum Gasteiger partial charge on any atom is 0.251 e. The Morgan fingerprint density at radius 1 is 1.17 bits per heavy atom. The van der Waals surface area contributed by atoms with Crippen LogP contribution in [0.25, 0.3) is 0 Å². The minimum absolute atomic E-state index is 0.00134. The summed E-state index contributed by atoms with van der Waals surface area (Å²) in [5, 5.41) is 2.61. The first-order valence-electron chi connectivity index (χ1n) is 7.46. The van der Waals surface area contributed by atoms with Crippen molar-refractivity contribution in [3.8, 4) is 0 Å². The number of hydrogen-bond donors (Lipinski definition) is 1. The highest BCUT2D eigenvalue weighted by atomic mass is 32.2. The van der Waals surface area contributed by atoms with Gasteiger partial charge in [0, 0.05) is 19.2 Å². The Morgan fingerprint density at radius 3 is 2.52 bits per heavy atom. The van der Waals surface area contributed by atoms with Crippen LogP contribution >= 0.6 is 11.8 Å². The van der Waals surface area contributed by atoms with Gasteiger partial charge in [-0.15, -0.1) is 11.8 Å². The fourth-order valence-electron chi connectivity index (χ4n) is 2.62. The highest BCUT2D eigenvalue weighted by molar-refractivity contribution is 8.00. The molecule has 1 heterocycles. The molecule has 1 fully saturated rings. The van der Waals surface area contributed by atoms with Gasteiger partial charge < -0.3 is 10.2 Å². The summed E-state index contributed by atoms with van der Waals surface area (Å²) < 4.78 is 0. The molecule has 2 aromatic carbocycles. The number of hydrogen-bond acceptors (Lipinski definition) is 3. The van der Waals surface area contributed by atoms with E-state index in [1.54, 1.807) is 30.9 Å². The predicted octanol–water partition coefficient (Wildman–Crippen LogP) is 2.82. The van der Waals surface area contributed by atoms with Crippen LogP contribution in [0.15, 0.2) is 54.6 Å². The van der Waals surface area contributed by atoms with Crippen LogP contribution in [0.5, 0.6) is 0 Å². The fraction of sp³-hybridized carbons (Fsp3) is 0.222. The van der Waals surface area contributed by atoms with Gasteiger partial charge in [0.25, 0.3) is 5.91 Å². The van der Waals surface area contributed by atoms with E-state index in [-0.39, 0.29) is 17.2 Å². The van der Waals surface area contributed by atoms with Crippen molar-refractivity contribution >= 4 is 23.6 Å². The van der Waals surface area contributed by atoms with E-state index in [2.05, 4.69) is 5.32 Å². The van der Waals surface area contributed by atoms with Gasteiger partial charge in [-0.25, -0.2) is 0 Å². The molecule has 5 heteroatoms. The predicted molar refractivity (Wildman–Crippen MR) is 92.0 cm³/mol. The number of nitrogens with one attached hydrogen (secondary N) is 1. The number of amides is 2. The molecule has 1 aliphatic heterocycles. The maximum absolute atomic E-state index is 12.2. The largest absolute Gasteiger partial charge is 0.355 e. The van der Waals surface area contributed by atoms with Gasteiger partial charge >= 0.3 is 0 Å². The Hall–Kier alpha value is -2.27. The molecule has 1 saturated heterocycles. The highest BCUT2D eigenvalue weighted by Crippen LogP contribution is 2.39. The van der Waals surface area contributed by atoms with Crippen LogP contribution in [0, 0.1) is 0 Å². The topological polar surface area (TPSA) is 49.4 Å². The van der Waals surface area contributed by atoms with E-state index in [4.69, 9.17) is 0 Å². The zero-order chi connectivity index (χ0) is 16.2. The molecule has 0 bridgehead atoms. The summed E-state index contributed by atoms with van der Waals surface area (Å²) in [4.78, 5) is 25.7. The van der Waals surface area contributed by atoms with E-state index in [0.717, 1.165) is 11.1 Å². The standard InChI is InChI=1S/C18H18N2O2S/c1-19-17(22)14-7-9-15(10-8-14)18-20(16(21)12-23-18)11-13-5-3-2-4-6-13/h2-10,18H,11-12H2,1H3,(H,19,22)/t18-/m1/s1. The van der Waals surface area contributed by atoms with Gasteiger partial charge in [0.1, 0.15) is 5.37 Å². The highest BCUT2D eigenvalue weighted by Gasteiger charge is 2.32. The van der Waals surface area contributed by atoms with Gasteiger partial charge in [-0.1, -0.05) is 42.5 Å². The fourth-order valence-corrected chi connectivity index (χ4v) is 3.81. The second-order valence-electron chi connectivity index (χ2n) is 5.37. The lowest BCUT2D eigenvalue weighted by molar-refractivity contribution is -0.128. The number of thioether (sulfide) groups is 1. The van der Waals surface area contributed by atoms with Gasteiger partial charge in [0.15, 0.2) is 0 Å². The molecule has 118 valence electrons. The van der Waals surface area contributed by atoms with Crippen molar-refractivity contribution in [2.75, 3.05) is 12.8 Å². The lowest BCUT2D eigenvalue weighted by Crippen LogP contribution is -2.27. The summed E-state index contributed by atoms with van der Waals surface area (Å²) >= 11 is 1.63. The van der Waals surface area contributed by atoms with E-state index < -0.39 is 0 Å². The van der Waals surface area contributed by atoms with Gasteiger partial charge in [-0.3, -0.25) is 9.59 Å². The average Bonchev–Trinajstić information content (AvgIpc) is 2.96. The van der Waals surface area contributed by atoms with Crippen LogP contribution in [-0.4, -0.2) is 29.5 Å². The van der Waals surface area contributed by atoms with Gasteiger partial charge in [0.05, 0.1) is 5.75 Å². The lowest BCUT2D eigenvalue weighted by atomic mass is 10.1. The molecule has 1 aliphatic rings. The molecule has 2 aromatic rings. The third-order valence-corrected chi connectivity index (χ3v) is 5.10. The van der Waals surface area contributed by atoms with Crippen LogP contribution in [-0.2, 0) is 11.3 Å². The first-order chi connectivity index (χ1) is 11.2. The number of rotatable bonds is 4. The van der Waals surface area contributed by atoms with Crippen molar-refractivity contribution in [1.82, 2.24) is 10.2 Å². The van der Waals surface area contributed by atoms with Crippen LogP contribution in [0.4, 0.5) is 0 Å². The summed E-state index contributed by atoms with van der Waals surface area (Å²) in [5.74, 6) is 0.543. The van der Waals surface area contributed by atoms with Crippen molar-refractivity contribution in [2.24, 2.45) is 0 Å². The van der Waals surface area contributed by atoms with Gasteiger partial charge in [-0.2, -0.15) is 0 Å². The van der Waals surface area contributed by atoms with Gasteiger partial charge in [-0.05, 0) is 23.3 Å². The SMILES string of the molecule is CNC(=O)c1ccc([C@H]2SCC(=O)N2Cc2ccccc2)cc1. The summed E-state index contributed by atoms with van der Waals surface area (Å²) in [7, 11) is 1.61. The Morgan fingerprint density at radius 2 is 1.87 bits per heavy atom. The Kier molecular flexibility index (Phi) is 4.67. The summed E-state index contributed by atoms with van der Waals surface area (Å²) in [5.41, 5.74) is 2.79. The van der Waals surface area contributed by atoms with E-state index in [1.165, 1.54) is 0 Å². The summed E-state index contributed by atoms with van der Waals surface area (Å²) in [6, 6.07) is 17.5. The molecule has 0 aromatic heterocycles. The second-order valence-corrected chi connectivity index (χ2v) is 6.44. The third-order valence-electron chi connectivity index (χ3n) is 3.85. The van der Waals surface area contributed by atoms with Crippen LogP contribution in [0.3, 0.4) is 0 Å². The number of benzene rings is 2. The van der Waals surface area contributed by atoms with E-state index in [0.29, 0.717) is 17.9 Å². The zero-order valence-corrected chi connectivity index (χ0v) is 13.7. The quantitative estimate of drug-likeness (QED) is 0.940. The first-order valence-corrected chi connectivity index (χ1v) is 8.51. The average molecular weight is 326 g/mol. The normalized spacial score (nSPS) is 17.3. The van der Waals surface area contributed by atoms with Crippen LogP contribution in [0.1, 0.15) is 26.9 Å². The molecule has 0 aliphatic carbocycles. The number of carbonyl (C=O) groups excluding carboxylic acids is 2. The first kappa shape index (κ1) is 15.6. The molecule has 1 atom stereocenters. The van der Waals surface area contributed by atoms with Crippen molar-refractivity contribution in [3.05, 3.63) is 71.3 Å². The Bertz CT molecular complexity index is 701. The summed E-state index contributed by atoms with van der Waals surface area (Å²) in [6.45, 7) is 0.606. The van der Waals surface area contributed by atoms with E-state index in [1.807, 2.05) is 47.4 Å².